The minimum Gasteiger partial charge on any atom is -0.493 e. The van der Waals surface area contributed by atoms with Gasteiger partial charge >= 0.3 is 0 Å². The monoisotopic (exact) mass is 221 g/mol. The summed E-state index contributed by atoms with van der Waals surface area (Å²) in [6.45, 7) is 9.20. The van der Waals surface area contributed by atoms with E-state index >= 15 is 0 Å². The third kappa shape index (κ3) is 3.53. The quantitative estimate of drug-likeness (QED) is 0.826. The van der Waals surface area contributed by atoms with Crippen molar-refractivity contribution in [3.63, 3.8) is 0 Å². The van der Waals surface area contributed by atoms with Crippen LogP contribution < -0.4 is 10.5 Å². The zero-order valence-corrected chi connectivity index (χ0v) is 10.8. The van der Waals surface area contributed by atoms with Gasteiger partial charge in [-0.15, -0.1) is 0 Å². The molecule has 0 aliphatic rings. The van der Waals surface area contributed by atoms with E-state index in [9.17, 15) is 0 Å². The molecule has 0 bridgehead atoms. The molecule has 16 heavy (non-hydrogen) atoms. The van der Waals surface area contributed by atoms with E-state index in [1.807, 2.05) is 13.0 Å². The van der Waals surface area contributed by atoms with Gasteiger partial charge in [0.05, 0.1) is 6.61 Å². The number of benzene rings is 1. The molecule has 0 heterocycles. The van der Waals surface area contributed by atoms with E-state index in [-0.39, 0.29) is 6.04 Å². The van der Waals surface area contributed by atoms with Crippen molar-refractivity contribution in [2.24, 2.45) is 11.7 Å². The average molecular weight is 221 g/mol. The van der Waals surface area contributed by atoms with Crippen molar-refractivity contribution in [2.75, 3.05) is 6.61 Å². The van der Waals surface area contributed by atoms with Gasteiger partial charge < -0.3 is 10.5 Å². The van der Waals surface area contributed by atoms with Gasteiger partial charge in [0.15, 0.2) is 0 Å². The molecule has 90 valence electrons. The summed E-state index contributed by atoms with van der Waals surface area (Å²) in [6.07, 6.45) is 1.14. The second kappa shape index (κ2) is 5.90. The fourth-order valence-electron chi connectivity index (χ4n) is 1.51. The van der Waals surface area contributed by atoms with Crippen LogP contribution in [0.25, 0.3) is 0 Å². The van der Waals surface area contributed by atoms with Crippen molar-refractivity contribution in [1.82, 2.24) is 0 Å². The van der Waals surface area contributed by atoms with Crippen LogP contribution in [-0.4, -0.2) is 6.61 Å². The molecule has 0 aromatic heterocycles. The van der Waals surface area contributed by atoms with E-state index in [0.29, 0.717) is 5.92 Å². The van der Waals surface area contributed by atoms with Crippen LogP contribution in [0.5, 0.6) is 5.75 Å². The second-order valence-electron chi connectivity index (χ2n) is 4.65. The van der Waals surface area contributed by atoms with Gasteiger partial charge in [-0.1, -0.05) is 38.0 Å². The summed E-state index contributed by atoms with van der Waals surface area (Å²) in [4.78, 5) is 0. The van der Waals surface area contributed by atoms with Crippen molar-refractivity contribution < 1.29 is 4.74 Å². The van der Waals surface area contributed by atoms with Crippen LogP contribution in [0.15, 0.2) is 18.2 Å². The Morgan fingerprint density at radius 2 is 2.00 bits per heavy atom. The van der Waals surface area contributed by atoms with E-state index in [2.05, 4.69) is 32.9 Å². The summed E-state index contributed by atoms with van der Waals surface area (Å²) in [5.74, 6) is 1.52. The third-order valence-corrected chi connectivity index (χ3v) is 2.88. The van der Waals surface area contributed by atoms with E-state index in [1.165, 1.54) is 5.56 Å². The maximum atomic E-state index is 5.94. The van der Waals surface area contributed by atoms with Crippen LogP contribution in [-0.2, 0) is 0 Å². The Labute approximate surface area is 98.8 Å². The largest absolute Gasteiger partial charge is 0.493 e. The van der Waals surface area contributed by atoms with Crippen LogP contribution in [0.2, 0.25) is 0 Å². The summed E-state index contributed by atoms with van der Waals surface area (Å²) in [6, 6.07) is 6.22. The molecule has 0 saturated carbocycles. The Kier molecular flexibility index (Phi) is 4.81. The summed E-state index contributed by atoms with van der Waals surface area (Å²) < 4.78 is 5.83. The van der Waals surface area contributed by atoms with E-state index in [4.69, 9.17) is 10.5 Å². The highest BCUT2D eigenvalue weighted by molar-refractivity contribution is 5.38. The molecule has 0 radical (unpaired) electrons. The SMILES string of the molecule is CCC(C)COc1ccc(C)cc1[C@@H](C)N. The van der Waals surface area contributed by atoms with E-state index in [1.54, 1.807) is 0 Å². The van der Waals surface area contributed by atoms with Gasteiger partial charge in [-0.25, -0.2) is 0 Å². The summed E-state index contributed by atoms with van der Waals surface area (Å²) in [7, 11) is 0. The molecule has 0 amide bonds. The Balaban J connectivity index is 2.78. The molecule has 0 aliphatic carbocycles. The zero-order chi connectivity index (χ0) is 12.1. The topological polar surface area (TPSA) is 35.2 Å². The van der Waals surface area contributed by atoms with Gasteiger partial charge in [0.1, 0.15) is 5.75 Å². The predicted molar refractivity (Wildman–Crippen MR) is 68.7 cm³/mol. The first-order valence-corrected chi connectivity index (χ1v) is 6.03. The van der Waals surface area contributed by atoms with Crippen molar-refractivity contribution >= 4 is 0 Å². The fraction of sp³-hybridized carbons (Fsp3) is 0.571. The maximum Gasteiger partial charge on any atom is 0.124 e. The third-order valence-electron chi connectivity index (χ3n) is 2.88. The molecule has 0 fully saturated rings. The molecule has 1 unspecified atom stereocenters. The standard InChI is InChI=1S/C14H23NO/c1-5-10(2)9-16-14-7-6-11(3)8-13(14)12(4)15/h6-8,10,12H,5,9,15H2,1-4H3/t10?,12-/m1/s1. The summed E-state index contributed by atoms with van der Waals surface area (Å²) in [5.41, 5.74) is 8.27. The Morgan fingerprint density at radius 1 is 1.31 bits per heavy atom. The average Bonchev–Trinajstić information content (AvgIpc) is 2.26. The Morgan fingerprint density at radius 3 is 2.56 bits per heavy atom. The molecule has 2 atom stereocenters. The molecule has 0 aliphatic heterocycles. The van der Waals surface area contributed by atoms with Gasteiger partial charge in [0, 0.05) is 11.6 Å². The molecule has 1 aromatic carbocycles. The molecule has 1 rings (SSSR count). The first kappa shape index (κ1) is 13.0. The molecular weight excluding hydrogens is 198 g/mol. The first-order valence-electron chi connectivity index (χ1n) is 6.03. The zero-order valence-electron chi connectivity index (χ0n) is 10.8. The molecule has 1 aromatic rings. The van der Waals surface area contributed by atoms with Crippen molar-refractivity contribution in [3.05, 3.63) is 29.3 Å². The van der Waals surface area contributed by atoms with Gasteiger partial charge in [-0.05, 0) is 25.8 Å². The highest BCUT2D eigenvalue weighted by Gasteiger charge is 2.09. The summed E-state index contributed by atoms with van der Waals surface area (Å²) >= 11 is 0. The molecule has 2 N–H and O–H groups in total. The van der Waals surface area contributed by atoms with E-state index in [0.717, 1.165) is 24.3 Å². The Hall–Kier alpha value is -1.02. The Bertz CT molecular complexity index is 334. The number of hydrogen-bond acceptors (Lipinski definition) is 2. The summed E-state index contributed by atoms with van der Waals surface area (Å²) in [5, 5.41) is 0. The lowest BCUT2D eigenvalue weighted by Gasteiger charge is -2.17. The highest BCUT2D eigenvalue weighted by Crippen LogP contribution is 2.25. The predicted octanol–water partition coefficient (Wildman–Crippen LogP) is 3.44. The minimum absolute atomic E-state index is 0.0202. The molecule has 0 spiro atoms. The molecule has 2 heteroatoms. The minimum atomic E-state index is 0.0202. The number of hydrogen-bond donors (Lipinski definition) is 1. The van der Waals surface area contributed by atoms with Crippen LogP contribution in [0.1, 0.15) is 44.4 Å². The van der Waals surface area contributed by atoms with Crippen molar-refractivity contribution in [3.8, 4) is 5.75 Å². The van der Waals surface area contributed by atoms with Gasteiger partial charge in [-0.3, -0.25) is 0 Å². The lowest BCUT2D eigenvalue weighted by molar-refractivity contribution is 0.253. The second-order valence-corrected chi connectivity index (χ2v) is 4.65. The lowest BCUT2D eigenvalue weighted by atomic mass is 10.0. The number of nitrogens with two attached hydrogens (primary N) is 1. The first-order chi connectivity index (χ1) is 7.54. The normalized spacial score (nSPS) is 14.6. The number of aryl methyl sites for hydroxylation is 1. The molecule has 2 nitrogen and oxygen atoms in total. The highest BCUT2D eigenvalue weighted by atomic mass is 16.5. The molecular formula is C14H23NO. The van der Waals surface area contributed by atoms with E-state index < -0.39 is 0 Å². The molecule has 0 saturated heterocycles. The van der Waals surface area contributed by atoms with Crippen LogP contribution >= 0.6 is 0 Å². The fourth-order valence-corrected chi connectivity index (χ4v) is 1.51. The van der Waals surface area contributed by atoms with Gasteiger partial charge in [-0.2, -0.15) is 0 Å². The van der Waals surface area contributed by atoms with Crippen LogP contribution in [0.4, 0.5) is 0 Å². The van der Waals surface area contributed by atoms with Crippen molar-refractivity contribution in [2.45, 2.75) is 40.2 Å². The number of rotatable bonds is 5. The van der Waals surface area contributed by atoms with Gasteiger partial charge in [0.2, 0.25) is 0 Å². The van der Waals surface area contributed by atoms with Crippen molar-refractivity contribution in [1.29, 1.82) is 0 Å². The lowest BCUT2D eigenvalue weighted by Crippen LogP contribution is -2.12. The van der Waals surface area contributed by atoms with Crippen LogP contribution in [0, 0.1) is 12.8 Å². The van der Waals surface area contributed by atoms with Crippen LogP contribution in [0.3, 0.4) is 0 Å². The smallest absolute Gasteiger partial charge is 0.124 e. The van der Waals surface area contributed by atoms with Gasteiger partial charge in [0.25, 0.3) is 0 Å². The maximum absolute atomic E-state index is 5.94. The number of ether oxygens (including phenoxy) is 1.